The summed E-state index contributed by atoms with van der Waals surface area (Å²) in [6, 6.07) is 16.7. The zero-order valence-corrected chi connectivity index (χ0v) is 13.6. The van der Waals surface area contributed by atoms with E-state index in [-0.39, 0.29) is 5.82 Å². The molecule has 0 unspecified atom stereocenters. The summed E-state index contributed by atoms with van der Waals surface area (Å²) in [5.74, 6) is 0.511. The van der Waals surface area contributed by atoms with Crippen LogP contribution in [-0.4, -0.2) is 15.0 Å². The van der Waals surface area contributed by atoms with Gasteiger partial charge in [0, 0.05) is 17.5 Å². The van der Waals surface area contributed by atoms with Gasteiger partial charge >= 0.3 is 0 Å². The summed E-state index contributed by atoms with van der Waals surface area (Å²) >= 11 is 1.61. The Labute approximate surface area is 143 Å². The fourth-order valence-corrected chi connectivity index (χ4v) is 3.51. The Hall–Kier alpha value is -2.66. The number of aromatic amines is 1. The van der Waals surface area contributed by atoms with Crippen LogP contribution in [0.3, 0.4) is 0 Å². The van der Waals surface area contributed by atoms with Gasteiger partial charge in [0.1, 0.15) is 22.7 Å². The summed E-state index contributed by atoms with van der Waals surface area (Å²) in [5, 5.41) is 0.895. The van der Waals surface area contributed by atoms with Gasteiger partial charge in [-0.15, -0.1) is 0 Å². The minimum Gasteiger partial charge on any atom is -0.357 e. The Balaban J connectivity index is 1.65. The van der Waals surface area contributed by atoms with Crippen molar-refractivity contribution >= 4 is 22.8 Å². The van der Waals surface area contributed by atoms with E-state index in [9.17, 15) is 4.39 Å². The van der Waals surface area contributed by atoms with Gasteiger partial charge in [0.25, 0.3) is 0 Å². The average molecular weight is 335 g/mol. The highest BCUT2D eigenvalue weighted by Gasteiger charge is 2.12. The van der Waals surface area contributed by atoms with Gasteiger partial charge in [-0.2, -0.15) is 0 Å². The molecule has 0 saturated carbocycles. The Kier molecular flexibility index (Phi) is 4.01. The number of halogens is 1. The maximum absolute atomic E-state index is 13.0. The van der Waals surface area contributed by atoms with Crippen molar-refractivity contribution < 1.29 is 4.39 Å². The molecule has 0 fully saturated rings. The Morgan fingerprint density at radius 3 is 2.54 bits per heavy atom. The molecule has 4 aromatic rings. The van der Waals surface area contributed by atoms with Crippen molar-refractivity contribution in [2.75, 3.05) is 0 Å². The van der Waals surface area contributed by atoms with Gasteiger partial charge in [-0.05, 0) is 23.3 Å². The van der Waals surface area contributed by atoms with Gasteiger partial charge in [-0.3, -0.25) is 0 Å². The third kappa shape index (κ3) is 2.90. The van der Waals surface area contributed by atoms with Gasteiger partial charge in [0.15, 0.2) is 0 Å². The van der Waals surface area contributed by atoms with Gasteiger partial charge in [0.2, 0.25) is 0 Å². The number of rotatable bonds is 4. The molecule has 0 amide bonds. The number of thioether (sulfide) groups is 1. The van der Waals surface area contributed by atoms with Gasteiger partial charge < -0.3 is 4.98 Å². The van der Waals surface area contributed by atoms with Crippen molar-refractivity contribution in [3.05, 3.63) is 78.5 Å². The molecule has 0 radical (unpaired) electrons. The summed E-state index contributed by atoms with van der Waals surface area (Å²) in [7, 11) is 0. The van der Waals surface area contributed by atoms with Crippen LogP contribution in [0.2, 0.25) is 0 Å². The number of hydrogen-bond acceptors (Lipinski definition) is 3. The molecule has 0 atom stereocenters. The lowest BCUT2D eigenvalue weighted by Gasteiger charge is -2.03. The van der Waals surface area contributed by atoms with E-state index in [0.29, 0.717) is 0 Å². The van der Waals surface area contributed by atoms with Crippen molar-refractivity contribution in [1.82, 2.24) is 15.0 Å². The molecule has 4 rings (SSSR count). The van der Waals surface area contributed by atoms with Crippen LogP contribution in [-0.2, 0) is 5.75 Å². The summed E-state index contributed by atoms with van der Waals surface area (Å²) in [6.07, 6.45) is 3.56. The fraction of sp³-hybridized carbons (Fsp3) is 0.0526. The second-order valence-corrected chi connectivity index (χ2v) is 6.35. The number of nitrogens with zero attached hydrogens (tertiary/aromatic N) is 2. The highest BCUT2D eigenvalue weighted by atomic mass is 32.2. The zero-order chi connectivity index (χ0) is 16.4. The van der Waals surface area contributed by atoms with Crippen molar-refractivity contribution in [2.24, 2.45) is 0 Å². The topological polar surface area (TPSA) is 41.6 Å². The lowest BCUT2D eigenvalue weighted by molar-refractivity contribution is 0.627. The van der Waals surface area contributed by atoms with Crippen LogP contribution in [0, 0.1) is 5.82 Å². The first-order valence-electron chi connectivity index (χ1n) is 7.56. The summed E-state index contributed by atoms with van der Waals surface area (Å²) in [6.45, 7) is 0. The van der Waals surface area contributed by atoms with Crippen LogP contribution in [0.25, 0.3) is 22.2 Å². The van der Waals surface area contributed by atoms with E-state index < -0.39 is 0 Å². The molecule has 2 aromatic heterocycles. The standard InChI is InChI=1S/C19H14FN3S/c20-15-8-6-13(7-9-15)11-24-19-18-17(22-12-23-19)16(10-21-18)14-4-2-1-3-5-14/h1-10,12,21H,11H2. The lowest BCUT2D eigenvalue weighted by atomic mass is 10.1. The van der Waals surface area contributed by atoms with Crippen molar-refractivity contribution in [1.29, 1.82) is 0 Å². The summed E-state index contributed by atoms with van der Waals surface area (Å²) in [4.78, 5) is 12.1. The minimum atomic E-state index is -0.218. The smallest absolute Gasteiger partial charge is 0.124 e. The molecule has 0 aliphatic rings. The molecule has 0 aliphatic carbocycles. The number of H-pyrrole nitrogens is 1. The normalized spacial score (nSPS) is 11.0. The first kappa shape index (κ1) is 14.9. The van der Waals surface area contributed by atoms with Crippen LogP contribution in [0.1, 0.15) is 5.56 Å². The molecule has 1 N–H and O–H groups in total. The number of benzene rings is 2. The van der Waals surface area contributed by atoms with Crippen molar-refractivity contribution in [2.45, 2.75) is 10.8 Å². The van der Waals surface area contributed by atoms with Crippen LogP contribution >= 0.6 is 11.8 Å². The number of nitrogens with one attached hydrogen (secondary N) is 1. The molecular weight excluding hydrogens is 321 g/mol. The maximum atomic E-state index is 13.0. The molecule has 3 nitrogen and oxygen atoms in total. The fourth-order valence-electron chi connectivity index (χ4n) is 2.60. The predicted molar refractivity (Wildman–Crippen MR) is 95.3 cm³/mol. The largest absolute Gasteiger partial charge is 0.357 e. The number of fused-ring (bicyclic) bond motifs is 1. The van der Waals surface area contributed by atoms with Crippen molar-refractivity contribution in [3.8, 4) is 11.1 Å². The molecule has 0 aliphatic heterocycles. The van der Waals surface area contributed by atoms with Crippen LogP contribution in [0.15, 0.2) is 72.1 Å². The molecule has 0 bridgehead atoms. The Bertz CT molecular complexity index is 965. The SMILES string of the molecule is Fc1ccc(CSc2ncnc3c(-c4ccccc4)c[nH]c23)cc1. The Morgan fingerprint density at radius 1 is 0.958 bits per heavy atom. The van der Waals surface area contributed by atoms with Crippen molar-refractivity contribution in [3.63, 3.8) is 0 Å². The van der Waals surface area contributed by atoms with E-state index in [2.05, 4.69) is 27.1 Å². The number of aromatic nitrogens is 3. The first-order valence-corrected chi connectivity index (χ1v) is 8.54. The summed E-state index contributed by atoms with van der Waals surface area (Å²) < 4.78 is 13.0. The van der Waals surface area contributed by atoms with Gasteiger partial charge in [0.05, 0.1) is 5.52 Å². The van der Waals surface area contributed by atoms with Crippen LogP contribution < -0.4 is 0 Å². The van der Waals surface area contributed by atoms with E-state index >= 15 is 0 Å². The monoisotopic (exact) mass is 335 g/mol. The average Bonchev–Trinajstić information content (AvgIpc) is 3.07. The molecule has 2 heterocycles. The molecule has 5 heteroatoms. The van der Waals surface area contributed by atoms with E-state index in [1.807, 2.05) is 24.4 Å². The van der Waals surface area contributed by atoms with E-state index in [4.69, 9.17) is 0 Å². The van der Waals surface area contributed by atoms with Crippen LogP contribution in [0.4, 0.5) is 4.39 Å². The maximum Gasteiger partial charge on any atom is 0.124 e. The molecule has 24 heavy (non-hydrogen) atoms. The van der Waals surface area contributed by atoms with Gasteiger partial charge in [-0.1, -0.05) is 54.2 Å². The van der Waals surface area contributed by atoms with E-state index in [0.717, 1.165) is 38.5 Å². The number of hydrogen-bond donors (Lipinski definition) is 1. The van der Waals surface area contributed by atoms with E-state index in [1.165, 1.54) is 12.1 Å². The predicted octanol–water partition coefficient (Wildman–Crippen LogP) is 5.06. The lowest BCUT2D eigenvalue weighted by Crippen LogP contribution is -1.88. The zero-order valence-electron chi connectivity index (χ0n) is 12.7. The molecule has 0 spiro atoms. The molecule has 0 saturated heterocycles. The molecule has 2 aromatic carbocycles. The Morgan fingerprint density at radius 2 is 1.75 bits per heavy atom. The minimum absolute atomic E-state index is 0.218. The highest BCUT2D eigenvalue weighted by molar-refractivity contribution is 7.98. The molecular formula is C19H14FN3S. The molecule has 118 valence electrons. The second kappa shape index (κ2) is 6.45. The van der Waals surface area contributed by atoms with Gasteiger partial charge in [-0.25, -0.2) is 14.4 Å². The quantitative estimate of drug-likeness (QED) is 0.419. The summed E-state index contributed by atoms with van der Waals surface area (Å²) in [5.41, 5.74) is 5.10. The van der Waals surface area contributed by atoms with Crippen LogP contribution in [0.5, 0.6) is 0 Å². The third-order valence-electron chi connectivity index (χ3n) is 3.80. The highest BCUT2D eigenvalue weighted by Crippen LogP contribution is 2.32. The second-order valence-electron chi connectivity index (χ2n) is 5.39. The first-order chi connectivity index (χ1) is 11.8. The van der Waals surface area contributed by atoms with E-state index in [1.54, 1.807) is 30.2 Å². The third-order valence-corrected chi connectivity index (χ3v) is 4.86.